The maximum Gasteiger partial charge on any atom is 0.167 e. The molecule has 0 fully saturated rings. The first-order chi connectivity index (χ1) is 3.13. The molecule has 3 heteroatoms. The molecular weight excluding hydrogens is 111 g/mol. The average molecular weight is 122 g/mol. The molecule has 0 aliphatic carbocycles. The van der Waals surface area contributed by atoms with E-state index in [1.165, 1.54) is 0 Å². The maximum absolute atomic E-state index is 8.46. The topological polar surface area (TPSA) is 29.5 Å². The van der Waals surface area contributed by atoms with E-state index < -0.39 is 6.03 Å². The monoisotopic (exact) mass is 122 g/mol. The van der Waals surface area contributed by atoms with Crippen LogP contribution in [0.15, 0.2) is 0 Å². The van der Waals surface area contributed by atoms with Gasteiger partial charge >= 0.3 is 0 Å². The molecule has 0 radical (unpaired) electrons. The Labute approximate surface area is 46.1 Å². The van der Waals surface area contributed by atoms with E-state index in [0.29, 0.717) is 0 Å². The van der Waals surface area contributed by atoms with Crippen LogP contribution in [0.25, 0.3) is 0 Å². The van der Waals surface area contributed by atoms with E-state index in [0.717, 1.165) is 0 Å². The van der Waals surface area contributed by atoms with E-state index in [1.807, 2.05) is 13.8 Å². The molecule has 0 aromatic rings. The highest BCUT2D eigenvalue weighted by atomic mass is 31.0. The van der Waals surface area contributed by atoms with Crippen molar-refractivity contribution in [3.8, 4) is 0 Å². The molecule has 0 heterocycles. The van der Waals surface area contributed by atoms with Gasteiger partial charge in [0.25, 0.3) is 0 Å². The van der Waals surface area contributed by atoms with E-state index in [4.69, 9.17) is 9.84 Å². The van der Waals surface area contributed by atoms with Gasteiger partial charge < -0.3 is 9.84 Å². The molecule has 0 bridgehead atoms. The van der Waals surface area contributed by atoms with Crippen LogP contribution in [0.5, 0.6) is 0 Å². The van der Waals surface area contributed by atoms with E-state index in [9.17, 15) is 0 Å². The minimum Gasteiger partial charge on any atom is -0.365 e. The Morgan fingerprint density at radius 3 is 2.00 bits per heavy atom. The lowest BCUT2D eigenvalue weighted by Gasteiger charge is -2.08. The maximum atomic E-state index is 8.46. The Morgan fingerprint density at radius 1 is 1.57 bits per heavy atom. The van der Waals surface area contributed by atoms with Crippen molar-refractivity contribution in [2.45, 2.75) is 26.0 Å². The number of aliphatic hydroxyl groups is 1. The van der Waals surface area contributed by atoms with Crippen LogP contribution in [0.1, 0.15) is 13.8 Å². The number of ether oxygens (including phenoxy) is 1. The van der Waals surface area contributed by atoms with Crippen LogP contribution in [0.3, 0.4) is 0 Å². The second kappa shape index (κ2) is 3.36. The van der Waals surface area contributed by atoms with Gasteiger partial charge in [0.05, 0.1) is 6.10 Å². The predicted octanol–water partition coefficient (Wildman–Crippen LogP) is 0.562. The summed E-state index contributed by atoms with van der Waals surface area (Å²) >= 11 is 0. The standard InChI is InChI=1S/C4H11O2P/c1-3(2)6-4(5)7/h3-5H,7H2,1-2H3. The van der Waals surface area contributed by atoms with Crippen LogP contribution in [0.2, 0.25) is 0 Å². The minimum absolute atomic E-state index is 0.104. The predicted molar refractivity (Wildman–Crippen MR) is 31.9 cm³/mol. The summed E-state index contributed by atoms with van der Waals surface area (Å²) in [6, 6.07) is -0.708. The van der Waals surface area contributed by atoms with Crippen LogP contribution < -0.4 is 0 Å². The normalized spacial score (nSPS) is 15.0. The molecule has 2 atom stereocenters. The zero-order valence-electron chi connectivity index (χ0n) is 4.59. The Morgan fingerprint density at radius 2 is 2.00 bits per heavy atom. The van der Waals surface area contributed by atoms with Crippen LogP contribution in [-0.4, -0.2) is 17.2 Å². The van der Waals surface area contributed by atoms with Crippen LogP contribution >= 0.6 is 9.24 Å². The third-order valence-electron chi connectivity index (χ3n) is 0.412. The van der Waals surface area contributed by atoms with Gasteiger partial charge in [0.2, 0.25) is 0 Å². The molecule has 0 aliphatic rings. The zero-order chi connectivity index (χ0) is 5.86. The van der Waals surface area contributed by atoms with Gasteiger partial charge in [0.15, 0.2) is 6.03 Å². The summed E-state index contributed by atoms with van der Waals surface area (Å²) in [6.45, 7) is 3.74. The Hall–Kier alpha value is 0.350. The molecule has 1 N–H and O–H groups in total. The van der Waals surface area contributed by atoms with Gasteiger partial charge in [0.1, 0.15) is 0 Å². The molecule has 0 aromatic carbocycles. The molecule has 44 valence electrons. The second-order valence-electron chi connectivity index (χ2n) is 1.58. The van der Waals surface area contributed by atoms with Crippen molar-refractivity contribution < 1.29 is 9.84 Å². The highest BCUT2D eigenvalue weighted by molar-refractivity contribution is 7.16. The largest absolute Gasteiger partial charge is 0.365 e. The van der Waals surface area contributed by atoms with Gasteiger partial charge in [-0.2, -0.15) is 0 Å². The summed E-state index contributed by atoms with van der Waals surface area (Å²) in [5.41, 5.74) is 0. The Bertz CT molecular complexity index is 39.0. The van der Waals surface area contributed by atoms with Gasteiger partial charge in [-0.05, 0) is 13.8 Å². The van der Waals surface area contributed by atoms with Gasteiger partial charge in [-0.1, -0.05) is 9.24 Å². The quantitative estimate of drug-likeness (QED) is 0.428. The van der Waals surface area contributed by atoms with Crippen molar-refractivity contribution >= 4 is 9.24 Å². The van der Waals surface area contributed by atoms with E-state index in [-0.39, 0.29) is 6.10 Å². The molecule has 0 amide bonds. The van der Waals surface area contributed by atoms with E-state index in [2.05, 4.69) is 9.24 Å². The number of rotatable bonds is 2. The fourth-order valence-corrected chi connectivity index (χ4v) is 0.593. The van der Waals surface area contributed by atoms with Gasteiger partial charge in [-0.25, -0.2) is 0 Å². The lowest BCUT2D eigenvalue weighted by molar-refractivity contribution is -0.0640. The summed E-state index contributed by atoms with van der Waals surface area (Å²) < 4.78 is 4.77. The average Bonchev–Trinajstić information content (AvgIpc) is 1.27. The van der Waals surface area contributed by atoms with Crippen LogP contribution in [0.4, 0.5) is 0 Å². The van der Waals surface area contributed by atoms with Crippen molar-refractivity contribution in [3.63, 3.8) is 0 Å². The summed E-state index contributed by atoms with van der Waals surface area (Å²) in [4.78, 5) is 0. The van der Waals surface area contributed by atoms with Crippen molar-refractivity contribution in [2.24, 2.45) is 0 Å². The van der Waals surface area contributed by atoms with Gasteiger partial charge in [0, 0.05) is 0 Å². The number of hydrogen-bond acceptors (Lipinski definition) is 2. The third-order valence-corrected chi connectivity index (χ3v) is 0.569. The van der Waals surface area contributed by atoms with Crippen molar-refractivity contribution in [1.29, 1.82) is 0 Å². The van der Waals surface area contributed by atoms with Crippen molar-refractivity contribution in [2.75, 3.05) is 0 Å². The molecule has 7 heavy (non-hydrogen) atoms. The molecule has 2 unspecified atom stereocenters. The molecule has 0 aliphatic heterocycles. The van der Waals surface area contributed by atoms with Gasteiger partial charge in [-0.3, -0.25) is 0 Å². The lowest BCUT2D eigenvalue weighted by atomic mass is 10.5. The lowest BCUT2D eigenvalue weighted by Crippen LogP contribution is -2.09. The van der Waals surface area contributed by atoms with E-state index in [1.54, 1.807) is 0 Å². The summed E-state index contributed by atoms with van der Waals surface area (Å²) in [5, 5.41) is 8.46. The SMILES string of the molecule is CC(C)OC(O)P. The van der Waals surface area contributed by atoms with Crippen LogP contribution in [-0.2, 0) is 4.74 Å². The first-order valence-electron chi connectivity index (χ1n) is 2.22. The minimum atomic E-state index is -0.708. The Balaban J connectivity index is 2.95. The highest BCUT2D eigenvalue weighted by Crippen LogP contribution is 1.99. The zero-order valence-corrected chi connectivity index (χ0v) is 5.74. The first-order valence-corrected chi connectivity index (χ1v) is 2.88. The van der Waals surface area contributed by atoms with Crippen molar-refractivity contribution in [3.05, 3.63) is 0 Å². The fraction of sp³-hybridized carbons (Fsp3) is 1.00. The fourth-order valence-electron chi connectivity index (χ4n) is 0.279. The summed E-state index contributed by atoms with van der Waals surface area (Å²) in [7, 11) is 2.14. The smallest absolute Gasteiger partial charge is 0.167 e. The summed E-state index contributed by atoms with van der Waals surface area (Å²) in [6.07, 6.45) is 0.104. The number of aliphatic hydroxyl groups excluding tert-OH is 1. The molecule has 2 nitrogen and oxygen atoms in total. The molecule has 0 rings (SSSR count). The number of hydrogen-bond donors (Lipinski definition) is 1. The second-order valence-corrected chi connectivity index (χ2v) is 2.15. The van der Waals surface area contributed by atoms with Crippen molar-refractivity contribution in [1.82, 2.24) is 0 Å². The molecule has 0 saturated carbocycles. The van der Waals surface area contributed by atoms with E-state index >= 15 is 0 Å². The summed E-state index contributed by atoms with van der Waals surface area (Å²) in [5.74, 6) is 0. The molecule has 0 saturated heterocycles. The highest BCUT2D eigenvalue weighted by Gasteiger charge is 1.95. The molecule has 0 aromatic heterocycles. The third kappa shape index (κ3) is 6.35. The molecule has 0 spiro atoms. The van der Waals surface area contributed by atoms with Crippen LogP contribution in [0, 0.1) is 0 Å². The molecular formula is C4H11O2P. The Kier molecular flexibility index (Phi) is 3.53. The first kappa shape index (κ1) is 7.35. The van der Waals surface area contributed by atoms with Gasteiger partial charge in [-0.15, -0.1) is 0 Å².